The number of anilines is 1. The highest BCUT2D eigenvalue weighted by Crippen LogP contribution is 2.34. The minimum Gasteiger partial charge on any atom is -0.396 e. The maximum absolute atomic E-state index is 12.6. The number of urea groups is 1. The van der Waals surface area contributed by atoms with Crippen LogP contribution in [0, 0.1) is 12.3 Å². The van der Waals surface area contributed by atoms with Gasteiger partial charge in [0.05, 0.1) is 11.2 Å². The second-order valence-corrected chi connectivity index (χ2v) is 6.76. The molecule has 1 fully saturated rings. The van der Waals surface area contributed by atoms with E-state index in [2.05, 4.69) is 17.2 Å². The SMILES string of the molecule is CCC1(CO)CCN(C(=O)Nc2cccc3ccc(C)nc23)CC1. The molecule has 2 aromatic rings. The Kier molecular flexibility index (Phi) is 4.71. The fourth-order valence-electron chi connectivity index (χ4n) is 3.35. The molecule has 2 N–H and O–H groups in total. The van der Waals surface area contributed by atoms with Crippen LogP contribution in [0.2, 0.25) is 0 Å². The number of nitrogens with one attached hydrogen (secondary N) is 1. The van der Waals surface area contributed by atoms with Crippen molar-refractivity contribution in [3.63, 3.8) is 0 Å². The van der Waals surface area contributed by atoms with E-state index >= 15 is 0 Å². The lowest BCUT2D eigenvalue weighted by Crippen LogP contribution is -2.46. The van der Waals surface area contributed by atoms with Crippen LogP contribution < -0.4 is 5.32 Å². The summed E-state index contributed by atoms with van der Waals surface area (Å²) in [6.07, 6.45) is 2.64. The minimum absolute atomic E-state index is 0.0190. The number of benzene rings is 1. The maximum atomic E-state index is 12.6. The summed E-state index contributed by atoms with van der Waals surface area (Å²) in [5, 5.41) is 13.6. The molecule has 5 nitrogen and oxygen atoms in total. The third kappa shape index (κ3) is 3.22. The summed E-state index contributed by atoms with van der Waals surface area (Å²) in [7, 11) is 0. The number of nitrogens with zero attached hydrogens (tertiary/aromatic N) is 2. The first-order valence-electron chi connectivity index (χ1n) is 8.60. The van der Waals surface area contributed by atoms with Crippen LogP contribution in [0.3, 0.4) is 0 Å². The summed E-state index contributed by atoms with van der Waals surface area (Å²) in [4.78, 5) is 19.0. The number of piperidine rings is 1. The summed E-state index contributed by atoms with van der Waals surface area (Å²) in [5.74, 6) is 0. The third-order valence-electron chi connectivity index (χ3n) is 5.30. The molecule has 24 heavy (non-hydrogen) atoms. The van der Waals surface area contributed by atoms with Crippen LogP contribution >= 0.6 is 0 Å². The monoisotopic (exact) mass is 327 g/mol. The van der Waals surface area contributed by atoms with Gasteiger partial charge in [-0.3, -0.25) is 4.98 Å². The van der Waals surface area contributed by atoms with Gasteiger partial charge >= 0.3 is 6.03 Å². The van der Waals surface area contributed by atoms with Crippen LogP contribution in [0.1, 0.15) is 31.9 Å². The van der Waals surface area contributed by atoms with E-state index in [1.54, 1.807) is 0 Å². The second-order valence-electron chi connectivity index (χ2n) is 6.76. The van der Waals surface area contributed by atoms with Crippen molar-refractivity contribution in [2.45, 2.75) is 33.1 Å². The van der Waals surface area contributed by atoms with Gasteiger partial charge < -0.3 is 15.3 Å². The number of aliphatic hydroxyl groups is 1. The molecule has 0 atom stereocenters. The van der Waals surface area contributed by atoms with E-state index in [-0.39, 0.29) is 18.1 Å². The van der Waals surface area contributed by atoms with E-state index in [1.165, 1.54) is 0 Å². The van der Waals surface area contributed by atoms with Crippen LogP contribution in [0.15, 0.2) is 30.3 Å². The number of carbonyl (C=O) groups is 1. The highest BCUT2D eigenvalue weighted by molar-refractivity contribution is 5.99. The number of hydrogen-bond donors (Lipinski definition) is 2. The van der Waals surface area contributed by atoms with Gasteiger partial charge in [-0.2, -0.15) is 0 Å². The number of aryl methyl sites for hydroxylation is 1. The molecule has 1 aliphatic rings. The molecule has 1 aromatic heterocycles. The number of carbonyl (C=O) groups excluding carboxylic acids is 1. The largest absolute Gasteiger partial charge is 0.396 e. The lowest BCUT2D eigenvalue weighted by molar-refractivity contribution is 0.0542. The van der Waals surface area contributed by atoms with Crippen molar-refractivity contribution in [3.8, 4) is 0 Å². The van der Waals surface area contributed by atoms with E-state index in [1.807, 2.05) is 42.2 Å². The van der Waals surface area contributed by atoms with Gasteiger partial charge in [0, 0.05) is 30.8 Å². The van der Waals surface area contributed by atoms with E-state index < -0.39 is 0 Å². The van der Waals surface area contributed by atoms with Gasteiger partial charge in [0.2, 0.25) is 0 Å². The first kappa shape index (κ1) is 16.7. The lowest BCUT2D eigenvalue weighted by atomic mass is 9.77. The smallest absolute Gasteiger partial charge is 0.321 e. The number of rotatable bonds is 3. The van der Waals surface area contributed by atoms with Gasteiger partial charge in [0.1, 0.15) is 0 Å². The van der Waals surface area contributed by atoms with Crippen LogP contribution in [-0.2, 0) is 0 Å². The fraction of sp³-hybridized carbons (Fsp3) is 0.474. The first-order chi connectivity index (χ1) is 11.6. The fourth-order valence-corrected chi connectivity index (χ4v) is 3.35. The zero-order valence-electron chi connectivity index (χ0n) is 14.4. The van der Waals surface area contributed by atoms with Crippen molar-refractivity contribution >= 4 is 22.6 Å². The molecule has 2 amide bonds. The highest BCUT2D eigenvalue weighted by Gasteiger charge is 2.33. The molecule has 0 bridgehead atoms. The quantitative estimate of drug-likeness (QED) is 0.906. The molecule has 0 aliphatic carbocycles. The Hall–Kier alpha value is -2.14. The van der Waals surface area contributed by atoms with E-state index in [0.29, 0.717) is 13.1 Å². The summed E-state index contributed by atoms with van der Waals surface area (Å²) in [6, 6.07) is 9.71. The van der Waals surface area contributed by atoms with E-state index in [4.69, 9.17) is 0 Å². The average Bonchev–Trinajstić information content (AvgIpc) is 2.62. The summed E-state index contributed by atoms with van der Waals surface area (Å²) < 4.78 is 0. The van der Waals surface area contributed by atoms with Crippen LogP contribution in [0.4, 0.5) is 10.5 Å². The van der Waals surface area contributed by atoms with Gasteiger partial charge in [-0.05, 0) is 43.7 Å². The number of hydrogen-bond acceptors (Lipinski definition) is 3. The Balaban J connectivity index is 1.73. The topological polar surface area (TPSA) is 65.5 Å². The predicted octanol–water partition coefficient (Wildman–Crippen LogP) is 3.56. The molecule has 0 saturated carbocycles. The minimum atomic E-state index is -0.0894. The lowest BCUT2D eigenvalue weighted by Gasteiger charge is -2.40. The molecule has 2 heterocycles. The number of pyridine rings is 1. The van der Waals surface area contributed by atoms with E-state index in [9.17, 15) is 9.90 Å². The molecular formula is C19H25N3O2. The normalized spacial score (nSPS) is 17.0. The Morgan fingerprint density at radius 2 is 2.04 bits per heavy atom. The van der Waals surface area contributed by atoms with E-state index in [0.717, 1.165) is 41.5 Å². The van der Waals surface area contributed by atoms with Crippen molar-refractivity contribution in [1.82, 2.24) is 9.88 Å². The number of aliphatic hydroxyl groups excluding tert-OH is 1. The van der Waals surface area contributed by atoms with Crippen LogP contribution in [0.5, 0.6) is 0 Å². The summed E-state index contributed by atoms with van der Waals surface area (Å²) in [5.41, 5.74) is 2.48. The third-order valence-corrected chi connectivity index (χ3v) is 5.30. The zero-order valence-corrected chi connectivity index (χ0v) is 14.4. The molecule has 128 valence electrons. The summed E-state index contributed by atoms with van der Waals surface area (Å²) in [6.45, 7) is 5.61. The summed E-state index contributed by atoms with van der Waals surface area (Å²) >= 11 is 0. The Bertz CT molecular complexity index is 730. The van der Waals surface area contributed by atoms with Crippen molar-refractivity contribution in [2.75, 3.05) is 25.0 Å². The molecule has 5 heteroatoms. The molecule has 1 saturated heterocycles. The number of aromatic nitrogens is 1. The molecule has 0 unspecified atom stereocenters. The van der Waals surface area contributed by atoms with Crippen molar-refractivity contribution < 1.29 is 9.90 Å². The average molecular weight is 327 g/mol. The van der Waals surface area contributed by atoms with Gasteiger partial charge in [-0.1, -0.05) is 25.1 Å². The Morgan fingerprint density at radius 1 is 1.29 bits per heavy atom. The van der Waals surface area contributed by atoms with Gasteiger partial charge in [0.25, 0.3) is 0 Å². The zero-order chi connectivity index (χ0) is 17.2. The second kappa shape index (κ2) is 6.77. The number of amides is 2. The highest BCUT2D eigenvalue weighted by atomic mass is 16.3. The molecule has 3 rings (SSSR count). The maximum Gasteiger partial charge on any atom is 0.321 e. The number of likely N-dealkylation sites (tertiary alicyclic amines) is 1. The van der Waals surface area contributed by atoms with Crippen LogP contribution in [-0.4, -0.2) is 40.7 Å². The van der Waals surface area contributed by atoms with Crippen molar-refractivity contribution in [2.24, 2.45) is 5.41 Å². The predicted molar refractivity (Wildman–Crippen MR) is 96.1 cm³/mol. The molecular weight excluding hydrogens is 302 g/mol. The van der Waals surface area contributed by atoms with Gasteiger partial charge in [-0.15, -0.1) is 0 Å². The number of para-hydroxylation sites is 1. The number of fused-ring (bicyclic) bond motifs is 1. The van der Waals surface area contributed by atoms with Crippen LogP contribution in [0.25, 0.3) is 10.9 Å². The Morgan fingerprint density at radius 3 is 2.71 bits per heavy atom. The first-order valence-corrected chi connectivity index (χ1v) is 8.60. The van der Waals surface area contributed by atoms with Gasteiger partial charge in [0.15, 0.2) is 0 Å². The Labute approximate surface area is 142 Å². The van der Waals surface area contributed by atoms with Gasteiger partial charge in [-0.25, -0.2) is 4.79 Å². The molecule has 1 aliphatic heterocycles. The molecule has 0 spiro atoms. The molecule has 1 aromatic carbocycles. The van der Waals surface area contributed by atoms with Crippen molar-refractivity contribution in [3.05, 3.63) is 36.0 Å². The molecule has 0 radical (unpaired) electrons. The van der Waals surface area contributed by atoms with Crippen molar-refractivity contribution in [1.29, 1.82) is 0 Å². The standard InChI is InChI=1S/C19H25N3O2/c1-3-19(13-23)9-11-22(12-10-19)18(24)21-16-6-4-5-15-8-7-14(2)20-17(15)16/h4-8,23H,3,9-13H2,1-2H3,(H,21,24).